The largest absolute Gasteiger partial charge is 0.438 e. The summed E-state index contributed by atoms with van der Waals surface area (Å²) in [7, 11) is 0. The van der Waals surface area contributed by atoms with E-state index in [1.807, 2.05) is 0 Å². The van der Waals surface area contributed by atoms with Crippen LogP contribution < -0.4 is 4.90 Å². The van der Waals surface area contributed by atoms with Crippen molar-refractivity contribution in [3.63, 3.8) is 0 Å². The minimum atomic E-state index is -4.06. The number of anilines is 1. The number of morpholine rings is 1. The molecule has 2 saturated heterocycles. The molecule has 29 heavy (non-hydrogen) atoms. The molecular formula is C19H19F2N3O5. The van der Waals surface area contributed by atoms with Gasteiger partial charge in [-0.2, -0.15) is 8.78 Å². The summed E-state index contributed by atoms with van der Waals surface area (Å²) in [6.45, 7) is 1.33. The van der Waals surface area contributed by atoms with E-state index < -0.39 is 23.5 Å². The van der Waals surface area contributed by atoms with E-state index in [2.05, 4.69) is 4.98 Å². The fourth-order valence-electron chi connectivity index (χ4n) is 3.57. The summed E-state index contributed by atoms with van der Waals surface area (Å²) in [6, 6.07) is 8.14. The molecule has 1 spiro atoms. The van der Waals surface area contributed by atoms with Crippen molar-refractivity contribution in [2.45, 2.75) is 18.6 Å². The van der Waals surface area contributed by atoms with E-state index in [0.717, 1.165) is 11.3 Å². The predicted molar refractivity (Wildman–Crippen MR) is 95.5 cm³/mol. The van der Waals surface area contributed by atoms with E-state index in [4.69, 9.17) is 13.9 Å². The normalized spacial score (nSPS) is 24.6. The Hall–Kier alpha value is -2.85. The Morgan fingerprint density at radius 3 is 2.66 bits per heavy atom. The summed E-state index contributed by atoms with van der Waals surface area (Å²) >= 11 is 0. The van der Waals surface area contributed by atoms with Crippen LogP contribution in [0, 0.1) is 6.92 Å². The van der Waals surface area contributed by atoms with Gasteiger partial charge in [-0.15, -0.1) is 0 Å². The average Bonchev–Trinajstić information content (AvgIpc) is 3.02. The number of halogens is 2. The summed E-state index contributed by atoms with van der Waals surface area (Å²) in [6.07, 6.45) is -2.91. The number of rotatable bonds is 2. The molecule has 0 N–H and O–H groups in total. The van der Waals surface area contributed by atoms with Crippen molar-refractivity contribution in [1.82, 2.24) is 9.88 Å². The molecule has 2 fully saturated rings. The Morgan fingerprint density at radius 1 is 1.21 bits per heavy atom. The molecule has 4 rings (SSSR count). The van der Waals surface area contributed by atoms with Gasteiger partial charge in [0.05, 0.1) is 32.0 Å². The number of oxazole rings is 1. The summed E-state index contributed by atoms with van der Waals surface area (Å²) in [5.74, 6) is -1.93. The lowest BCUT2D eigenvalue weighted by Crippen LogP contribution is -2.66. The van der Waals surface area contributed by atoms with Crippen LogP contribution in [0.5, 0.6) is 0 Å². The quantitative estimate of drug-likeness (QED) is 0.756. The molecule has 2 amide bonds. The number of alkyl halides is 2. The SMILES string of the molecule is Cc1ncoc1C(=O)N1CCOCC2(C1)CN(c1ccccc1)C(=O)C(F)(F)O2. The second-order valence-electron chi connectivity index (χ2n) is 7.07. The van der Waals surface area contributed by atoms with Crippen molar-refractivity contribution in [2.75, 3.05) is 37.7 Å². The van der Waals surface area contributed by atoms with Crippen molar-refractivity contribution in [3.8, 4) is 0 Å². The van der Waals surface area contributed by atoms with Crippen molar-refractivity contribution in [2.24, 2.45) is 0 Å². The molecule has 2 aliphatic heterocycles. The fraction of sp³-hybridized carbons (Fsp3) is 0.421. The van der Waals surface area contributed by atoms with E-state index in [9.17, 15) is 18.4 Å². The number of hydrogen-bond acceptors (Lipinski definition) is 6. The first-order chi connectivity index (χ1) is 13.8. The van der Waals surface area contributed by atoms with Crippen LogP contribution in [-0.2, 0) is 14.3 Å². The average molecular weight is 407 g/mol. The Kier molecular flexibility index (Phi) is 4.83. The number of aryl methyl sites for hydroxylation is 1. The maximum Gasteiger partial charge on any atom is 0.437 e. The van der Waals surface area contributed by atoms with Gasteiger partial charge in [0.2, 0.25) is 5.76 Å². The van der Waals surface area contributed by atoms with Gasteiger partial charge in [-0.25, -0.2) is 4.98 Å². The van der Waals surface area contributed by atoms with Gasteiger partial charge in [-0.1, -0.05) is 18.2 Å². The molecule has 0 radical (unpaired) electrons. The van der Waals surface area contributed by atoms with Crippen molar-refractivity contribution in [1.29, 1.82) is 0 Å². The molecule has 1 aromatic carbocycles. The summed E-state index contributed by atoms with van der Waals surface area (Å²) < 4.78 is 44.7. The Bertz CT molecular complexity index is 920. The van der Waals surface area contributed by atoms with Crippen molar-refractivity contribution < 1.29 is 32.3 Å². The maximum atomic E-state index is 14.6. The predicted octanol–water partition coefficient (Wildman–Crippen LogP) is 1.85. The zero-order chi connectivity index (χ0) is 20.6. The Morgan fingerprint density at radius 2 is 1.97 bits per heavy atom. The lowest BCUT2D eigenvalue weighted by atomic mass is 10.00. The second kappa shape index (κ2) is 7.20. The highest BCUT2D eigenvalue weighted by Crippen LogP contribution is 2.37. The maximum absolute atomic E-state index is 14.6. The van der Waals surface area contributed by atoms with Crippen LogP contribution >= 0.6 is 0 Å². The monoisotopic (exact) mass is 407 g/mol. The van der Waals surface area contributed by atoms with Crippen LogP contribution in [0.1, 0.15) is 16.2 Å². The fourth-order valence-corrected chi connectivity index (χ4v) is 3.57. The van der Waals surface area contributed by atoms with E-state index in [-0.39, 0.29) is 38.6 Å². The standard InChI is InChI=1S/C19H19F2N3O5/c1-13-15(28-12-22-13)16(25)23-7-8-27-11-18(9-23)10-24(14-5-3-2-4-6-14)17(26)19(20,21)29-18/h2-6,12H,7-11H2,1H3. The molecule has 8 nitrogen and oxygen atoms in total. The molecular weight excluding hydrogens is 388 g/mol. The number of amides is 2. The molecule has 154 valence electrons. The smallest absolute Gasteiger partial charge is 0.437 e. The molecule has 0 aliphatic carbocycles. The number of aromatic nitrogens is 1. The van der Waals surface area contributed by atoms with Gasteiger partial charge in [0.25, 0.3) is 5.91 Å². The molecule has 1 atom stereocenters. The molecule has 2 aliphatic rings. The third-order valence-electron chi connectivity index (χ3n) is 4.93. The topological polar surface area (TPSA) is 85.1 Å². The third-order valence-corrected chi connectivity index (χ3v) is 4.93. The number of carbonyl (C=O) groups excluding carboxylic acids is 2. The van der Waals surface area contributed by atoms with Gasteiger partial charge >= 0.3 is 12.0 Å². The van der Waals surface area contributed by atoms with Gasteiger partial charge < -0.3 is 19.0 Å². The van der Waals surface area contributed by atoms with Crippen LogP contribution in [-0.4, -0.2) is 66.3 Å². The number of carbonyl (C=O) groups is 2. The molecule has 1 aromatic heterocycles. The number of hydrogen-bond donors (Lipinski definition) is 0. The minimum Gasteiger partial charge on any atom is -0.438 e. The number of para-hydroxylation sites is 1. The van der Waals surface area contributed by atoms with Crippen LogP contribution in [0.2, 0.25) is 0 Å². The number of ether oxygens (including phenoxy) is 2. The molecule has 10 heteroatoms. The van der Waals surface area contributed by atoms with Crippen LogP contribution in [0.3, 0.4) is 0 Å². The molecule has 1 unspecified atom stereocenters. The van der Waals surface area contributed by atoms with Crippen LogP contribution in [0.15, 0.2) is 41.1 Å². The van der Waals surface area contributed by atoms with Gasteiger partial charge in [0, 0.05) is 12.2 Å². The lowest BCUT2D eigenvalue weighted by Gasteiger charge is -2.45. The van der Waals surface area contributed by atoms with Crippen LogP contribution in [0.4, 0.5) is 14.5 Å². The Balaban J connectivity index is 1.66. The highest BCUT2D eigenvalue weighted by Gasteiger charge is 2.58. The number of nitrogens with zero attached hydrogens (tertiary/aromatic N) is 3. The van der Waals surface area contributed by atoms with Crippen LogP contribution in [0.25, 0.3) is 0 Å². The zero-order valence-corrected chi connectivity index (χ0v) is 15.6. The van der Waals surface area contributed by atoms with Gasteiger partial charge in [-0.05, 0) is 19.1 Å². The minimum absolute atomic E-state index is 0.0283. The molecule has 2 aromatic rings. The lowest BCUT2D eigenvalue weighted by molar-refractivity contribution is -0.293. The first-order valence-corrected chi connectivity index (χ1v) is 9.03. The molecule has 3 heterocycles. The van der Waals surface area contributed by atoms with E-state index in [1.54, 1.807) is 37.3 Å². The summed E-state index contributed by atoms with van der Waals surface area (Å²) in [4.78, 5) is 31.4. The molecule has 0 saturated carbocycles. The molecule has 0 bridgehead atoms. The second-order valence-corrected chi connectivity index (χ2v) is 7.07. The van der Waals surface area contributed by atoms with Gasteiger partial charge in [0.1, 0.15) is 5.60 Å². The van der Waals surface area contributed by atoms with E-state index in [1.165, 1.54) is 4.90 Å². The van der Waals surface area contributed by atoms with Crippen molar-refractivity contribution in [3.05, 3.63) is 48.2 Å². The van der Waals surface area contributed by atoms with Gasteiger partial charge in [-0.3, -0.25) is 14.3 Å². The zero-order valence-electron chi connectivity index (χ0n) is 15.6. The highest BCUT2D eigenvalue weighted by molar-refractivity contribution is 5.98. The van der Waals surface area contributed by atoms with Gasteiger partial charge in [0.15, 0.2) is 6.39 Å². The summed E-state index contributed by atoms with van der Waals surface area (Å²) in [5.41, 5.74) is -0.897. The Labute approximate surface area is 165 Å². The van der Waals surface area contributed by atoms with E-state index >= 15 is 0 Å². The third kappa shape index (κ3) is 3.60. The number of benzene rings is 1. The highest BCUT2D eigenvalue weighted by atomic mass is 19.3. The van der Waals surface area contributed by atoms with E-state index in [0.29, 0.717) is 11.4 Å². The summed E-state index contributed by atoms with van der Waals surface area (Å²) in [5, 5.41) is 0. The first kappa shape index (κ1) is 19.5. The first-order valence-electron chi connectivity index (χ1n) is 9.03. The van der Waals surface area contributed by atoms with Crippen molar-refractivity contribution >= 4 is 17.5 Å².